The summed E-state index contributed by atoms with van der Waals surface area (Å²) < 4.78 is 0. The first kappa shape index (κ1) is 25.8. The monoisotopic (exact) mass is 352 g/mol. The normalized spacial score (nSPS) is 9.90. The van der Waals surface area contributed by atoms with Gasteiger partial charge in [-0.05, 0) is 0 Å². The van der Waals surface area contributed by atoms with E-state index in [4.69, 9.17) is 0 Å². The standard InChI is InChI=1S/C18H37.ClH.Zn/c1-3-5-7-9-11-13-15-17-18-16-14-12-10-8-6-4-2;;/h1,3-18H2,2H3;1H;/q-1;;+2/p-1. The van der Waals surface area contributed by atoms with Crippen molar-refractivity contribution in [3.63, 3.8) is 0 Å². The predicted octanol–water partition coefficient (Wildman–Crippen LogP) is 4.08. The van der Waals surface area contributed by atoms with Gasteiger partial charge in [0, 0.05) is 0 Å². The van der Waals surface area contributed by atoms with Crippen molar-refractivity contribution in [2.75, 3.05) is 0 Å². The number of halogens is 1. The zero-order valence-corrected chi connectivity index (χ0v) is 17.8. The summed E-state index contributed by atoms with van der Waals surface area (Å²) in [6.45, 7) is 6.18. The van der Waals surface area contributed by atoms with Gasteiger partial charge in [-0.15, -0.1) is 0 Å². The Morgan fingerprint density at radius 1 is 0.500 bits per heavy atom. The van der Waals surface area contributed by atoms with Crippen molar-refractivity contribution in [3.05, 3.63) is 6.92 Å². The summed E-state index contributed by atoms with van der Waals surface area (Å²) in [6.07, 6.45) is 22.8. The molecule has 20 heavy (non-hydrogen) atoms. The van der Waals surface area contributed by atoms with Crippen molar-refractivity contribution in [1.82, 2.24) is 0 Å². The maximum absolute atomic E-state index is 3.88. The molecule has 118 valence electrons. The molecule has 0 amide bonds. The van der Waals surface area contributed by atoms with Gasteiger partial charge in [-0.25, -0.2) is 0 Å². The Labute approximate surface area is 148 Å². The third-order valence-electron chi connectivity index (χ3n) is 3.85. The van der Waals surface area contributed by atoms with Gasteiger partial charge < -0.3 is 19.3 Å². The fourth-order valence-electron chi connectivity index (χ4n) is 2.55. The minimum absolute atomic E-state index is 0. The topological polar surface area (TPSA) is 0 Å². The molecule has 0 N–H and O–H groups in total. The molecular formula is C18H37ClZn. The molecule has 0 aliphatic heterocycles. The molecule has 0 aliphatic carbocycles. The van der Waals surface area contributed by atoms with E-state index < -0.39 is 0 Å². The van der Waals surface area contributed by atoms with Crippen LogP contribution < -0.4 is 12.4 Å². The van der Waals surface area contributed by atoms with Crippen LogP contribution in [-0.2, 0) is 19.5 Å². The minimum Gasteiger partial charge on any atom is -1.00 e. The molecule has 0 aliphatic rings. The molecule has 2 heteroatoms. The van der Waals surface area contributed by atoms with Crippen molar-refractivity contribution in [3.8, 4) is 0 Å². The van der Waals surface area contributed by atoms with E-state index in [9.17, 15) is 0 Å². The molecule has 0 bridgehead atoms. The average molecular weight is 354 g/mol. The molecule has 0 saturated heterocycles. The van der Waals surface area contributed by atoms with Crippen LogP contribution in [0.4, 0.5) is 0 Å². The van der Waals surface area contributed by atoms with Crippen LogP contribution in [-0.4, -0.2) is 0 Å². The number of unbranched alkanes of at least 4 members (excludes halogenated alkanes) is 15. The largest absolute Gasteiger partial charge is 2.00 e. The van der Waals surface area contributed by atoms with Crippen LogP contribution in [0.25, 0.3) is 0 Å². The van der Waals surface area contributed by atoms with Crippen LogP contribution >= 0.6 is 0 Å². The van der Waals surface area contributed by atoms with Gasteiger partial charge in [0.15, 0.2) is 0 Å². The molecule has 0 spiro atoms. The molecule has 0 radical (unpaired) electrons. The van der Waals surface area contributed by atoms with E-state index in [1.165, 1.54) is 96.3 Å². The van der Waals surface area contributed by atoms with Crippen molar-refractivity contribution in [2.45, 2.75) is 110 Å². The Kier molecular flexibility index (Phi) is 32.2. The molecule has 0 saturated carbocycles. The van der Waals surface area contributed by atoms with Gasteiger partial charge >= 0.3 is 19.5 Å². The third-order valence-corrected chi connectivity index (χ3v) is 3.85. The van der Waals surface area contributed by atoms with E-state index in [2.05, 4.69) is 13.8 Å². The maximum Gasteiger partial charge on any atom is 2.00 e. The van der Waals surface area contributed by atoms with Gasteiger partial charge in [-0.1, -0.05) is 103 Å². The van der Waals surface area contributed by atoms with E-state index in [0.29, 0.717) is 0 Å². The molecule has 0 fully saturated rings. The van der Waals surface area contributed by atoms with Crippen LogP contribution in [0.1, 0.15) is 110 Å². The Morgan fingerprint density at radius 2 is 0.750 bits per heavy atom. The summed E-state index contributed by atoms with van der Waals surface area (Å²) in [4.78, 5) is 0. The summed E-state index contributed by atoms with van der Waals surface area (Å²) in [6, 6.07) is 0. The summed E-state index contributed by atoms with van der Waals surface area (Å²) in [5.74, 6) is 0. The summed E-state index contributed by atoms with van der Waals surface area (Å²) in [5.41, 5.74) is 0. The van der Waals surface area contributed by atoms with Gasteiger partial charge in [0.25, 0.3) is 0 Å². The molecule has 0 aromatic carbocycles. The Balaban J connectivity index is -0.00000144. The van der Waals surface area contributed by atoms with E-state index in [1.807, 2.05) is 0 Å². The first-order chi connectivity index (χ1) is 8.91. The molecule has 0 rings (SSSR count). The quantitative estimate of drug-likeness (QED) is 0.236. The van der Waals surface area contributed by atoms with E-state index in [0.717, 1.165) is 6.42 Å². The maximum atomic E-state index is 3.88. The van der Waals surface area contributed by atoms with Gasteiger partial charge in [0.2, 0.25) is 0 Å². The molecular weight excluding hydrogens is 317 g/mol. The molecule has 0 nitrogen and oxygen atoms in total. The third kappa shape index (κ3) is 24.0. The van der Waals surface area contributed by atoms with Crippen molar-refractivity contribution < 1.29 is 31.9 Å². The van der Waals surface area contributed by atoms with Crippen molar-refractivity contribution >= 4 is 0 Å². The molecule has 0 aromatic rings. The van der Waals surface area contributed by atoms with Gasteiger partial charge in [0.05, 0.1) is 0 Å². The van der Waals surface area contributed by atoms with Crippen LogP contribution in [0, 0.1) is 6.92 Å². The van der Waals surface area contributed by atoms with Crippen LogP contribution in [0.3, 0.4) is 0 Å². The summed E-state index contributed by atoms with van der Waals surface area (Å²) in [5, 5.41) is 0. The Bertz CT molecular complexity index is 123. The predicted molar refractivity (Wildman–Crippen MR) is 84.9 cm³/mol. The second-order valence-corrected chi connectivity index (χ2v) is 5.80. The summed E-state index contributed by atoms with van der Waals surface area (Å²) >= 11 is 0. The Morgan fingerprint density at radius 3 is 1.00 bits per heavy atom. The first-order valence-corrected chi connectivity index (χ1v) is 8.71. The number of rotatable bonds is 15. The van der Waals surface area contributed by atoms with Crippen LogP contribution in [0.15, 0.2) is 0 Å². The van der Waals surface area contributed by atoms with Crippen LogP contribution in [0.2, 0.25) is 0 Å². The number of hydrogen-bond acceptors (Lipinski definition) is 0. The number of hydrogen-bond donors (Lipinski definition) is 0. The van der Waals surface area contributed by atoms with Crippen LogP contribution in [0.5, 0.6) is 0 Å². The second-order valence-electron chi connectivity index (χ2n) is 5.80. The fourth-order valence-corrected chi connectivity index (χ4v) is 2.55. The first-order valence-electron chi connectivity index (χ1n) is 8.71. The van der Waals surface area contributed by atoms with Crippen molar-refractivity contribution in [1.29, 1.82) is 0 Å². The zero-order chi connectivity index (χ0) is 13.3. The summed E-state index contributed by atoms with van der Waals surface area (Å²) in [7, 11) is 0. The smallest absolute Gasteiger partial charge is 1.00 e. The zero-order valence-electron chi connectivity index (χ0n) is 14.1. The Hall–Kier alpha value is 0.913. The van der Waals surface area contributed by atoms with E-state index in [1.54, 1.807) is 0 Å². The van der Waals surface area contributed by atoms with Gasteiger partial charge in [0.1, 0.15) is 0 Å². The van der Waals surface area contributed by atoms with Crippen molar-refractivity contribution in [2.24, 2.45) is 0 Å². The molecule has 0 unspecified atom stereocenters. The second kappa shape index (κ2) is 24.9. The minimum atomic E-state index is 0. The van der Waals surface area contributed by atoms with Gasteiger partial charge in [-0.3, -0.25) is 0 Å². The fraction of sp³-hybridized carbons (Fsp3) is 0.944. The molecule has 0 aromatic heterocycles. The molecule has 0 heterocycles. The van der Waals surface area contributed by atoms with Gasteiger partial charge in [-0.2, -0.15) is 6.42 Å². The molecule has 0 atom stereocenters. The van der Waals surface area contributed by atoms with E-state index in [-0.39, 0.29) is 31.9 Å². The van der Waals surface area contributed by atoms with E-state index >= 15 is 0 Å². The average Bonchev–Trinajstić information content (AvgIpc) is 2.39. The SMILES string of the molecule is [CH2-]CCCCCCCCCCCCCCCCC.[Cl-].[Zn+2].